The van der Waals surface area contributed by atoms with Crippen LogP contribution in [0.1, 0.15) is 277 Å². The van der Waals surface area contributed by atoms with E-state index in [9.17, 15) is 43.2 Å². The SMILES string of the molecule is CCCCCCCCCCCCCCCCCCN(CCCCCCCCCCCCCCCCCC)C(=O)COCC(=O)NCC(=O)NCC(=O)NCC(=O)N1CCC[C@H]1C(=O)N[C@H](Cc1c[nH]c2ccccc12)C(=O)NCC(=O)NCC(=O)OCCCCCCC. The molecule has 20 nitrogen and oxygen atoms in total. The number of nitrogens with zero attached hydrogens (tertiary/aromatic N) is 2. The highest BCUT2D eigenvalue weighted by atomic mass is 16.5. The summed E-state index contributed by atoms with van der Waals surface area (Å²) < 4.78 is 10.8. The summed E-state index contributed by atoms with van der Waals surface area (Å²) in [5, 5.41) is 16.0. The second-order valence-corrected chi connectivity index (χ2v) is 25.8. The number of aromatic amines is 1. The molecule has 0 spiro atoms. The molecule has 0 unspecified atom stereocenters. The molecule has 0 saturated carbocycles. The Morgan fingerprint density at radius 1 is 0.505 bits per heavy atom. The Bertz CT molecular complexity index is 2350. The van der Waals surface area contributed by atoms with Crippen LogP contribution in [0, 0.1) is 0 Å². The van der Waals surface area contributed by atoms with Crippen molar-refractivity contribution in [3.05, 3.63) is 36.0 Å². The maximum absolute atomic E-state index is 13.9. The average Bonchev–Trinajstić information content (AvgIpc) is 1.79. The van der Waals surface area contributed by atoms with Gasteiger partial charge in [-0.3, -0.25) is 43.2 Å². The molecule has 0 aliphatic carbocycles. The molecule has 0 bridgehead atoms. The van der Waals surface area contributed by atoms with Gasteiger partial charge in [-0.15, -0.1) is 0 Å². The fourth-order valence-electron chi connectivity index (χ4n) is 12.0. The topological polar surface area (TPSA) is 267 Å². The first-order valence-corrected chi connectivity index (χ1v) is 36.9. The maximum atomic E-state index is 13.9. The molecule has 20 heteroatoms. The quantitative estimate of drug-likeness (QED) is 0.0242. The van der Waals surface area contributed by atoms with E-state index in [4.69, 9.17) is 9.47 Å². The number of nitrogens with one attached hydrogen (secondary N) is 7. The van der Waals surface area contributed by atoms with Gasteiger partial charge in [0.2, 0.25) is 47.3 Å². The third kappa shape index (κ3) is 40.1. The van der Waals surface area contributed by atoms with Crippen molar-refractivity contribution in [1.82, 2.24) is 46.7 Å². The molecular weight excluding hydrogens is 1180 g/mol. The van der Waals surface area contributed by atoms with Gasteiger partial charge in [0.05, 0.1) is 32.8 Å². The van der Waals surface area contributed by atoms with Crippen LogP contribution < -0.4 is 31.9 Å². The predicted molar refractivity (Wildman–Crippen MR) is 370 cm³/mol. The zero-order chi connectivity index (χ0) is 67.2. The van der Waals surface area contributed by atoms with Crippen molar-refractivity contribution in [3.8, 4) is 0 Å². The van der Waals surface area contributed by atoms with Gasteiger partial charge in [-0.05, 0) is 43.7 Å². The number of hydrogen-bond donors (Lipinski definition) is 7. The third-order valence-corrected chi connectivity index (χ3v) is 17.7. The lowest BCUT2D eigenvalue weighted by Gasteiger charge is -2.26. The first-order chi connectivity index (χ1) is 45.4. The second-order valence-electron chi connectivity index (χ2n) is 25.8. The lowest BCUT2D eigenvalue weighted by atomic mass is 10.0. The van der Waals surface area contributed by atoms with Crippen molar-refractivity contribution in [3.63, 3.8) is 0 Å². The van der Waals surface area contributed by atoms with E-state index < -0.39 is 92.2 Å². The van der Waals surface area contributed by atoms with E-state index in [1.165, 1.54) is 172 Å². The summed E-state index contributed by atoms with van der Waals surface area (Å²) in [4.78, 5) is 124. The fourth-order valence-corrected chi connectivity index (χ4v) is 12.0. The number of rotatable bonds is 59. The van der Waals surface area contributed by atoms with Crippen molar-refractivity contribution in [2.45, 2.75) is 290 Å². The van der Waals surface area contributed by atoms with Crippen molar-refractivity contribution >= 4 is 64.1 Å². The zero-order valence-corrected chi connectivity index (χ0v) is 58.0. The minimum absolute atomic E-state index is 0.0485. The highest BCUT2D eigenvalue weighted by Crippen LogP contribution is 2.22. The van der Waals surface area contributed by atoms with Gasteiger partial charge in [0.15, 0.2) is 0 Å². The molecule has 1 aromatic heterocycles. The van der Waals surface area contributed by atoms with Crippen LogP contribution in [0.3, 0.4) is 0 Å². The molecule has 93 heavy (non-hydrogen) atoms. The van der Waals surface area contributed by atoms with Gasteiger partial charge in [-0.1, -0.05) is 257 Å². The van der Waals surface area contributed by atoms with Crippen LogP contribution in [0.5, 0.6) is 0 Å². The summed E-state index contributed by atoms with van der Waals surface area (Å²) in [6.07, 6.45) is 48.5. The second kappa shape index (κ2) is 54.2. The number of benzene rings is 1. The number of ether oxygens (including phenoxy) is 2. The normalized spacial score (nSPS) is 13.2. The van der Waals surface area contributed by atoms with Gasteiger partial charge in [0, 0.05) is 43.2 Å². The standard InChI is InChI=1S/C73H125N9O11/c1-4-7-10-13-15-17-19-21-23-25-27-29-31-33-35-40-47-81(48-41-36-34-32-30-28-26-24-22-20-18-16-14-11-8-5-2)70(88)59-92-58-68(86)76-54-65(83)75-53-66(84)77-56-69(87)82-49-43-46-64(82)73(91)80-63(51-60-52-74-62-45-39-38-44-61(60)62)72(90)79-55-67(85)78-57-71(89)93-50-42-37-12-9-6-3/h38-39,44-45,52,63-64,74H,4-37,40-43,46-51,53-59H2,1-3H3,(H,75,83)(H,76,86)(H,77,84)(H,78,85)(H,79,90)(H,80,91)/t63-,64+/m1/s1. The van der Waals surface area contributed by atoms with Gasteiger partial charge in [-0.2, -0.15) is 0 Å². The minimum Gasteiger partial charge on any atom is -0.464 e. The largest absolute Gasteiger partial charge is 0.464 e. The summed E-state index contributed by atoms with van der Waals surface area (Å²) in [6.45, 7) is 5.55. The average molecular weight is 1300 g/mol. The highest BCUT2D eigenvalue weighted by molar-refractivity contribution is 5.96. The van der Waals surface area contributed by atoms with Crippen LogP contribution >= 0.6 is 0 Å². The first kappa shape index (κ1) is 81.2. The van der Waals surface area contributed by atoms with Crippen LogP contribution in [-0.4, -0.2) is 152 Å². The van der Waals surface area contributed by atoms with Gasteiger partial charge in [0.25, 0.3) is 0 Å². The van der Waals surface area contributed by atoms with Crippen LogP contribution in [-0.2, 0) is 59.0 Å². The molecule has 3 rings (SSSR count). The number of para-hydroxylation sites is 1. The van der Waals surface area contributed by atoms with Gasteiger partial charge in [0.1, 0.15) is 31.8 Å². The Morgan fingerprint density at radius 3 is 1.44 bits per heavy atom. The van der Waals surface area contributed by atoms with E-state index in [1.54, 1.807) is 6.20 Å². The molecule has 2 atom stereocenters. The van der Waals surface area contributed by atoms with E-state index >= 15 is 0 Å². The number of amides is 8. The molecule has 0 radical (unpaired) electrons. The molecule has 1 saturated heterocycles. The van der Waals surface area contributed by atoms with E-state index in [-0.39, 0.29) is 38.6 Å². The molecule has 2 heterocycles. The first-order valence-electron chi connectivity index (χ1n) is 36.9. The Kier molecular flexibility index (Phi) is 47.3. The van der Waals surface area contributed by atoms with E-state index in [1.807, 2.05) is 29.2 Å². The molecule has 1 aliphatic heterocycles. The Labute approximate surface area is 559 Å². The number of fused-ring (bicyclic) bond motifs is 1. The number of H-pyrrole nitrogens is 1. The van der Waals surface area contributed by atoms with E-state index in [0.29, 0.717) is 25.9 Å². The molecule has 7 N–H and O–H groups in total. The van der Waals surface area contributed by atoms with Crippen LogP contribution in [0.2, 0.25) is 0 Å². The van der Waals surface area contributed by atoms with Gasteiger partial charge in [-0.25, -0.2) is 0 Å². The smallest absolute Gasteiger partial charge is 0.325 e. The number of carbonyl (C=O) groups is 9. The number of carbonyl (C=O) groups excluding carboxylic acids is 9. The van der Waals surface area contributed by atoms with Crippen LogP contribution in [0.15, 0.2) is 30.5 Å². The Hall–Kier alpha value is -6.05. The summed E-state index contributed by atoms with van der Waals surface area (Å²) in [5.74, 6) is -5.09. The lowest BCUT2D eigenvalue weighted by Crippen LogP contribution is -2.55. The molecule has 1 aromatic carbocycles. The van der Waals surface area contributed by atoms with Crippen molar-refractivity contribution in [1.29, 1.82) is 0 Å². The molecule has 2 aromatic rings. The maximum Gasteiger partial charge on any atom is 0.325 e. The number of hydrogen-bond acceptors (Lipinski definition) is 11. The summed E-state index contributed by atoms with van der Waals surface area (Å²) >= 11 is 0. The molecule has 8 amide bonds. The van der Waals surface area contributed by atoms with Crippen LogP contribution in [0.25, 0.3) is 10.9 Å². The number of unbranched alkanes of at least 4 members (excludes halogenated alkanes) is 34. The van der Waals surface area contributed by atoms with E-state index in [0.717, 1.165) is 87.1 Å². The molecule has 1 fully saturated rings. The lowest BCUT2D eigenvalue weighted by molar-refractivity contribution is -0.144. The fraction of sp³-hybridized carbons (Fsp3) is 0.767. The summed E-state index contributed by atoms with van der Waals surface area (Å²) in [5.41, 5.74) is 1.55. The molecule has 1 aliphatic rings. The minimum atomic E-state index is -1.16. The van der Waals surface area contributed by atoms with Crippen molar-refractivity contribution in [2.75, 3.05) is 72.2 Å². The summed E-state index contributed by atoms with van der Waals surface area (Å²) in [7, 11) is 0. The van der Waals surface area contributed by atoms with Crippen molar-refractivity contribution in [2.24, 2.45) is 0 Å². The van der Waals surface area contributed by atoms with Gasteiger partial charge < -0.3 is 56.2 Å². The number of likely N-dealkylation sites (tertiary alicyclic amines) is 1. The number of aromatic nitrogens is 1. The molecular formula is C73H125N9O11. The zero-order valence-electron chi connectivity index (χ0n) is 58.0. The predicted octanol–water partition coefficient (Wildman–Crippen LogP) is 11.6. The highest BCUT2D eigenvalue weighted by Gasteiger charge is 2.36. The van der Waals surface area contributed by atoms with E-state index in [2.05, 4.69) is 57.7 Å². The monoisotopic (exact) mass is 1300 g/mol. The molecule has 528 valence electrons. The summed E-state index contributed by atoms with van der Waals surface area (Å²) in [6, 6.07) is 5.35. The Balaban J connectivity index is 1.37. The Morgan fingerprint density at radius 2 is 0.935 bits per heavy atom. The van der Waals surface area contributed by atoms with Gasteiger partial charge >= 0.3 is 5.97 Å². The third-order valence-electron chi connectivity index (χ3n) is 17.7. The number of esters is 1. The van der Waals surface area contributed by atoms with Crippen molar-refractivity contribution < 1.29 is 52.6 Å². The van der Waals surface area contributed by atoms with Crippen LogP contribution in [0.4, 0.5) is 0 Å².